The van der Waals surface area contributed by atoms with E-state index in [2.05, 4.69) is 10.8 Å². The third kappa shape index (κ3) is 4.11. The maximum absolute atomic E-state index is 11.2. The molecule has 0 saturated carbocycles. The van der Waals surface area contributed by atoms with Crippen LogP contribution in [0.5, 0.6) is 0 Å². The average molecular weight is 154 g/mol. The monoisotopic (exact) mass is 154 g/mol. The molecule has 54 valence electrons. The van der Waals surface area contributed by atoms with Gasteiger partial charge in [-0.25, -0.2) is 4.39 Å². The van der Waals surface area contributed by atoms with E-state index in [0.717, 1.165) is 0 Å². The Morgan fingerprint density at radius 2 is 2.22 bits per heavy atom. The van der Waals surface area contributed by atoms with Gasteiger partial charge in [0, 0.05) is 0 Å². The maximum atomic E-state index is 11.2. The second-order valence-electron chi connectivity index (χ2n) is 1.17. The Balaban J connectivity index is 3.75. The smallest absolute Gasteiger partial charge is 0.264 e. The standard InChI is InChI=1S/C4H7FO3S/c1-2-9(6,7)8-4-3-5/h2H,1,3-4H2. The zero-order chi connectivity index (χ0) is 7.33. The Labute approximate surface area is 53.3 Å². The topological polar surface area (TPSA) is 43.4 Å². The lowest BCUT2D eigenvalue weighted by Crippen LogP contribution is -2.03. The highest BCUT2D eigenvalue weighted by molar-refractivity contribution is 7.89. The van der Waals surface area contributed by atoms with E-state index in [1.54, 1.807) is 0 Å². The fraction of sp³-hybridized carbons (Fsp3) is 0.500. The summed E-state index contributed by atoms with van der Waals surface area (Å²) in [5.74, 6) is 0. The summed E-state index contributed by atoms with van der Waals surface area (Å²) >= 11 is 0. The molecule has 0 aromatic rings. The fourth-order valence-corrected chi connectivity index (χ4v) is 0.587. The second-order valence-corrected chi connectivity index (χ2v) is 2.73. The lowest BCUT2D eigenvalue weighted by Gasteiger charge is -1.94. The van der Waals surface area contributed by atoms with E-state index in [1.165, 1.54) is 0 Å². The molecule has 0 bridgehead atoms. The largest absolute Gasteiger partial charge is 0.289 e. The van der Waals surface area contributed by atoms with Crippen molar-refractivity contribution in [2.24, 2.45) is 0 Å². The van der Waals surface area contributed by atoms with Crippen LogP contribution in [0, 0.1) is 0 Å². The van der Waals surface area contributed by atoms with Crippen LogP contribution in [0.15, 0.2) is 12.0 Å². The molecule has 0 atom stereocenters. The first-order valence-electron chi connectivity index (χ1n) is 2.20. The molecule has 0 aromatic carbocycles. The lowest BCUT2D eigenvalue weighted by atomic mass is 10.9. The first-order valence-corrected chi connectivity index (χ1v) is 3.67. The molecule has 0 amide bonds. The highest BCUT2D eigenvalue weighted by Crippen LogP contribution is 1.91. The Hall–Kier alpha value is -0.420. The fourth-order valence-electron chi connectivity index (χ4n) is 0.196. The lowest BCUT2D eigenvalue weighted by molar-refractivity contribution is 0.281. The van der Waals surface area contributed by atoms with Crippen LogP contribution in [0.1, 0.15) is 0 Å². The highest BCUT2D eigenvalue weighted by atomic mass is 32.2. The van der Waals surface area contributed by atoms with Crippen LogP contribution in [-0.4, -0.2) is 21.7 Å². The molecule has 0 spiro atoms. The van der Waals surface area contributed by atoms with E-state index in [4.69, 9.17) is 0 Å². The number of hydrogen-bond acceptors (Lipinski definition) is 3. The molecule has 0 heterocycles. The van der Waals surface area contributed by atoms with Gasteiger partial charge in [0.25, 0.3) is 10.1 Å². The molecule has 0 unspecified atom stereocenters. The van der Waals surface area contributed by atoms with Crippen molar-refractivity contribution < 1.29 is 17.0 Å². The van der Waals surface area contributed by atoms with Gasteiger partial charge in [-0.1, -0.05) is 6.58 Å². The van der Waals surface area contributed by atoms with Crippen LogP contribution in [-0.2, 0) is 14.3 Å². The van der Waals surface area contributed by atoms with Gasteiger partial charge in [0.05, 0.1) is 12.0 Å². The summed E-state index contributed by atoms with van der Waals surface area (Å²) in [5.41, 5.74) is 0. The Bertz CT molecular complexity index is 172. The molecule has 0 aliphatic heterocycles. The molecule has 0 aliphatic rings. The molecule has 0 aliphatic carbocycles. The Kier molecular flexibility index (Phi) is 3.41. The quantitative estimate of drug-likeness (QED) is 0.552. The first kappa shape index (κ1) is 8.58. The van der Waals surface area contributed by atoms with Gasteiger partial charge >= 0.3 is 0 Å². The molecule has 0 fully saturated rings. The first-order chi connectivity index (χ1) is 4.12. The predicted molar refractivity (Wildman–Crippen MR) is 31.0 cm³/mol. The van der Waals surface area contributed by atoms with E-state index in [-0.39, 0.29) is 0 Å². The molecule has 0 rings (SSSR count). The van der Waals surface area contributed by atoms with Crippen LogP contribution >= 0.6 is 0 Å². The van der Waals surface area contributed by atoms with Crippen LogP contribution in [0.4, 0.5) is 4.39 Å². The summed E-state index contributed by atoms with van der Waals surface area (Å²) in [5, 5.41) is 0.628. The van der Waals surface area contributed by atoms with Gasteiger partial charge in [-0.15, -0.1) is 0 Å². The Morgan fingerprint density at radius 1 is 1.67 bits per heavy atom. The summed E-state index contributed by atoms with van der Waals surface area (Å²) in [6.07, 6.45) is 0. The van der Waals surface area contributed by atoms with Crippen LogP contribution in [0.25, 0.3) is 0 Å². The molecule has 9 heavy (non-hydrogen) atoms. The van der Waals surface area contributed by atoms with E-state index in [0.29, 0.717) is 5.41 Å². The normalized spacial score (nSPS) is 11.2. The molecular formula is C4H7FO3S. The average Bonchev–Trinajstić information content (AvgIpc) is 1.84. The minimum atomic E-state index is -3.66. The molecular weight excluding hydrogens is 147 g/mol. The van der Waals surface area contributed by atoms with E-state index in [1.807, 2.05) is 0 Å². The van der Waals surface area contributed by atoms with Gasteiger partial charge in [-0.3, -0.25) is 4.18 Å². The zero-order valence-corrected chi connectivity index (χ0v) is 5.53. The number of rotatable bonds is 4. The molecule has 5 heteroatoms. The second kappa shape index (κ2) is 3.58. The van der Waals surface area contributed by atoms with Gasteiger partial charge in [0.2, 0.25) is 0 Å². The van der Waals surface area contributed by atoms with Crippen molar-refractivity contribution in [3.05, 3.63) is 12.0 Å². The van der Waals surface area contributed by atoms with Crippen molar-refractivity contribution in [1.82, 2.24) is 0 Å². The SMILES string of the molecule is C=CS(=O)(=O)OCCF. The van der Waals surface area contributed by atoms with Gasteiger partial charge in [-0.2, -0.15) is 8.42 Å². The minimum absolute atomic E-state index is 0.436. The predicted octanol–water partition coefficient (Wildman–Crippen LogP) is 0.446. The summed E-state index contributed by atoms with van der Waals surface area (Å²) in [6.45, 7) is 1.70. The highest BCUT2D eigenvalue weighted by Gasteiger charge is 2.01. The summed E-state index contributed by atoms with van der Waals surface area (Å²) in [6, 6.07) is 0. The maximum Gasteiger partial charge on any atom is 0.289 e. The van der Waals surface area contributed by atoms with Crippen LogP contribution in [0.3, 0.4) is 0 Å². The molecule has 0 aromatic heterocycles. The van der Waals surface area contributed by atoms with Gasteiger partial charge in [-0.05, 0) is 0 Å². The van der Waals surface area contributed by atoms with E-state index >= 15 is 0 Å². The van der Waals surface area contributed by atoms with Crippen molar-refractivity contribution >= 4 is 10.1 Å². The molecule has 0 saturated heterocycles. The third-order valence-corrected chi connectivity index (χ3v) is 1.43. The Morgan fingerprint density at radius 3 is 2.56 bits per heavy atom. The number of hydrogen-bond donors (Lipinski definition) is 0. The molecule has 0 radical (unpaired) electrons. The van der Waals surface area contributed by atoms with Gasteiger partial charge in [0.15, 0.2) is 0 Å². The zero-order valence-electron chi connectivity index (χ0n) is 4.71. The van der Waals surface area contributed by atoms with Crippen molar-refractivity contribution in [2.45, 2.75) is 0 Å². The van der Waals surface area contributed by atoms with Gasteiger partial charge < -0.3 is 0 Å². The van der Waals surface area contributed by atoms with Crippen molar-refractivity contribution in [1.29, 1.82) is 0 Å². The number of halogens is 1. The summed E-state index contributed by atoms with van der Waals surface area (Å²) in [4.78, 5) is 0. The minimum Gasteiger partial charge on any atom is -0.264 e. The third-order valence-electron chi connectivity index (χ3n) is 0.529. The van der Waals surface area contributed by atoms with E-state index < -0.39 is 23.4 Å². The van der Waals surface area contributed by atoms with Crippen molar-refractivity contribution in [3.63, 3.8) is 0 Å². The van der Waals surface area contributed by atoms with E-state index in [9.17, 15) is 12.8 Å². The van der Waals surface area contributed by atoms with Crippen molar-refractivity contribution in [2.75, 3.05) is 13.3 Å². The molecule has 0 N–H and O–H groups in total. The summed E-state index contributed by atoms with van der Waals surface area (Å²) < 4.78 is 35.7. The van der Waals surface area contributed by atoms with Crippen molar-refractivity contribution in [3.8, 4) is 0 Å². The van der Waals surface area contributed by atoms with Crippen LogP contribution < -0.4 is 0 Å². The van der Waals surface area contributed by atoms with Crippen LogP contribution in [0.2, 0.25) is 0 Å². The van der Waals surface area contributed by atoms with Gasteiger partial charge in [0.1, 0.15) is 6.67 Å². The summed E-state index contributed by atoms with van der Waals surface area (Å²) in [7, 11) is -3.66. The molecule has 3 nitrogen and oxygen atoms in total. The number of alkyl halides is 1.